The van der Waals surface area contributed by atoms with Crippen molar-refractivity contribution >= 4 is 36.5 Å². The molecule has 1 aromatic rings. The van der Waals surface area contributed by atoms with E-state index in [1.807, 2.05) is 0 Å². The van der Waals surface area contributed by atoms with Gasteiger partial charge < -0.3 is 39.2 Å². The number of carbonyl (C=O) groups excluding carboxylic acids is 5. The molecule has 0 heterocycles. The van der Waals surface area contributed by atoms with Gasteiger partial charge in [0, 0.05) is 25.7 Å². The summed E-state index contributed by atoms with van der Waals surface area (Å²) in [6, 6.07) is 4.11. The molecule has 0 aliphatic carbocycles. The van der Waals surface area contributed by atoms with Gasteiger partial charge in [0.05, 0.1) is 51.8 Å². The van der Waals surface area contributed by atoms with Gasteiger partial charge in [0.2, 0.25) is 12.3 Å². The molecule has 0 bridgehead atoms. The molecule has 1 aromatic carbocycles. The zero-order valence-electron chi connectivity index (χ0n) is 21.4. The highest BCUT2D eigenvalue weighted by molar-refractivity contribution is 6.07. The molecule has 1 atom stereocenters. The maximum atomic E-state index is 13.3. The molecule has 0 fully saturated rings. The fraction of sp³-hybridized carbons (Fsp3) is 0.560. The van der Waals surface area contributed by atoms with Gasteiger partial charge in [0.1, 0.15) is 25.2 Å². The van der Waals surface area contributed by atoms with Gasteiger partial charge in [-0.15, -0.1) is 0 Å². The average Bonchev–Trinajstić information content (AvgIpc) is 2.90. The maximum Gasteiger partial charge on any atom is 0.263 e. The van der Waals surface area contributed by atoms with Crippen LogP contribution in [0.15, 0.2) is 18.2 Å². The second-order valence-electron chi connectivity index (χ2n) is 7.69. The largest absolute Gasteiger partial charge is 0.382 e. The van der Waals surface area contributed by atoms with E-state index in [4.69, 9.17) is 18.9 Å². The van der Waals surface area contributed by atoms with Crippen molar-refractivity contribution in [3.05, 3.63) is 29.3 Å². The van der Waals surface area contributed by atoms with Gasteiger partial charge in [-0.3, -0.25) is 19.3 Å². The lowest BCUT2D eigenvalue weighted by atomic mass is 10.0. The molecule has 0 aromatic heterocycles. The Kier molecular flexibility index (Phi) is 17.2. The van der Waals surface area contributed by atoms with Crippen molar-refractivity contribution in [2.24, 2.45) is 0 Å². The molecular formula is C25H37N3O9. The highest BCUT2D eigenvalue weighted by atomic mass is 16.6. The van der Waals surface area contributed by atoms with Crippen molar-refractivity contribution in [1.82, 2.24) is 10.2 Å². The van der Waals surface area contributed by atoms with Gasteiger partial charge in [-0.1, -0.05) is 12.1 Å². The standard InChI is InChI=1S/C25H37N3O9/c1-20-5-3-6-21(23(20)25(33)28(19-31)22(7-4-9-29)24(32)26-2)27-8-11-34-13-15-36-17-18-37-16-14-35-12-10-30/h3,5-6,9-10,19,22,27H,4,7-8,11-18H2,1-2H3,(H,26,32). The lowest BCUT2D eigenvalue weighted by Crippen LogP contribution is -2.48. The number of rotatable bonds is 22. The fourth-order valence-corrected chi connectivity index (χ4v) is 3.33. The van der Waals surface area contributed by atoms with Gasteiger partial charge in [0.15, 0.2) is 0 Å². The Hall–Kier alpha value is -3.19. The first-order valence-corrected chi connectivity index (χ1v) is 12.0. The molecule has 0 aliphatic heterocycles. The number of aldehydes is 2. The third kappa shape index (κ3) is 12.1. The van der Waals surface area contributed by atoms with Gasteiger partial charge >= 0.3 is 0 Å². The number of imide groups is 1. The zero-order valence-corrected chi connectivity index (χ0v) is 21.4. The normalized spacial score (nSPS) is 11.4. The summed E-state index contributed by atoms with van der Waals surface area (Å²) in [5.74, 6) is -1.17. The predicted octanol–water partition coefficient (Wildman–Crippen LogP) is 0.365. The predicted molar refractivity (Wildman–Crippen MR) is 134 cm³/mol. The van der Waals surface area contributed by atoms with Crippen LogP contribution in [0.4, 0.5) is 5.69 Å². The van der Waals surface area contributed by atoms with Crippen molar-refractivity contribution in [2.45, 2.75) is 25.8 Å². The number of anilines is 1. The van der Waals surface area contributed by atoms with Crippen molar-refractivity contribution in [3.63, 3.8) is 0 Å². The highest BCUT2D eigenvalue weighted by Gasteiger charge is 2.31. The molecule has 1 unspecified atom stereocenters. The quantitative estimate of drug-likeness (QED) is 0.161. The van der Waals surface area contributed by atoms with Gasteiger partial charge in [-0.05, 0) is 25.0 Å². The molecule has 12 nitrogen and oxygen atoms in total. The first kappa shape index (κ1) is 31.8. The summed E-state index contributed by atoms with van der Waals surface area (Å²) < 4.78 is 21.2. The van der Waals surface area contributed by atoms with Crippen LogP contribution in [0.1, 0.15) is 28.8 Å². The van der Waals surface area contributed by atoms with Crippen LogP contribution in [0.2, 0.25) is 0 Å². The van der Waals surface area contributed by atoms with E-state index in [-0.39, 0.29) is 25.0 Å². The van der Waals surface area contributed by atoms with Crippen molar-refractivity contribution in [2.75, 3.05) is 71.8 Å². The van der Waals surface area contributed by atoms with E-state index in [0.717, 1.165) is 4.90 Å². The first-order valence-electron chi connectivity index (χ1n) is 12.0. The monoisotopic (exact) mass is 523 g/mol. The van der Waals surface area contributed by atoms with E-state index in [1.54, 1.807) is 25.1 Å². The summed E-state index contributed by atoms with van der Waals surface area (Å²) in [6.07, 6.45) is 1.69. The second-order valence-corrected chi connectivity index (χ2v) is 7.69. The maximum absolute atomic E-state index is 13.3. The molecule has 0 radical (unpaired) electrons. The number of likely N-dealkylation sites (N-methyl/N-ethyl adjacent to an activating group) is 1. The topological polar surface area (TPSA) is 150 Å². The Morgan fingerprint density at radius 3 is 2.11 bits per heavy atom. The van der Waals surface area contributed by atoms with Crippen molar-refractivity contribution < 1.29 is 42.9 Å². The van der Waals surface area contributed by atoms with Crippen LogP contribution < -0.4 is 10.6 Å². The number of hydrogen-bond acceptors (Lipinski definition) is 10. The molecule has 2 N–H and O–H groups in total. The summed E-state index contributed by atoms with van der Waals surface area (Å²) >= 11 is 0. The molecule has 12 heteroatoms. The van der Waals surface area contributed by atoms with E-state index < -0.39 is 17.9 Å². The Morgan fingerprint density at radius 2 is 1.54 bits per heavy atom. The number of benzene rings is 1. The van der Waals surface area contributed by atoms with Gasteiger partial charge in [0.25, 0.3) is 5.91 Å². The minimum absolute atomic E-state index is 0.0279. The third-order valence-corrected chi connectivity index (χ3v) is 5.14. The summed E-state index contributed by atoms with van der Waals surface area (Å²) in [5, 5.41) is 5.57. The molecule has 0 spiro atoms. The van der Waals surface area contributed by atoms with Crippen LogP contribution in [0, 0.1) is 6.92 Å². The highest BCUT2D eigenvalue weighted by Crippen LogP contribution is 2.23. The van der Waals surface area contributed by atoms with E-state index >= 15 is 0 Å². The third-order valence-electron chi connectivity index (χ3n) is 5.14. The summed E-state index contributed by atoms with van der Waals surface area (Å²) in [6.45, 7) is 4.83. The lowest BCUT2D eigenvalue weighted by Gasteiger charge is -2.26. The minimum atomic E-state index is -1.10. The van der Waals surface area contributed by atoms with Gasteiger partial charge in [-0.25, -0.2) is 0 Å². The second kappa shape index (κ2) is 19.9. The van der Waals surface area contributed by atoms with Crippen molar-refractivity contribution in [1.29, 1.82) is 0 Å². The van der Waals surface area contributed by atoms with Gasteiger partial charge in [-0.2, -0.15) is 0 Å². The van der Waals surface area contributed by atoms with E-state index in [9.17, 15) is 24.0 Å². The summed E-state index contributed by atoms with van der Waals surface area (Å²) in [4.78, 5) is 59.2. The van der Waals surface area contributed by atoms with Crippen LogP contribution in [-0.4, -0.2) is 108 Å². The Bertz CT molecular complexity index is 851. The van der Waals surface area contributed by atoms with Crippen LogP contribution in [0.5, 0.6) is 0 Å². The number of aryl methyl sites for hydroxylation is 1. The van der Waals surface area contributed by atoms with Crippen LogP contribution in [0.25, 0.3) is 0 Å². The number of hydrogen-bond donors (Lipinski definition) is 2. The number of nitrogens with zero attached hydrogens (tertiary/aromatic N) is 1. The molecular weight excluding hydrogens is 486 g/mol. The van der Waals surface area contributed by atoms with E-state index in [1.165, 1.54) is 7.05 Å². The van der Waals surface area contributed by atoms with Crippen LogP contribution in [0.3, 0.4) is 0 Å². The SMILES string of the molecule is CNC(=O)C(CCC=O)N(C=O)C(=O)c1c(C)cccc1NCCOCCOCCOCCOCC=O. The van der Waals surface area contributed by atoms with Crippen LogP contribution in [-0.2, 0) is 38.1 Å². The zero-order chi connectivity index (χ0) is 27.3. The molecule has 3 amide bonds. The Morgan fingerprint density at radius 1 is 0.919 bits per heavy atom. The summed E-state index contributed by atoms with van der Waals surface area (Å²) in [5.41, 5.74) is 1.38. The Balaban J connectivity index is 2.52. The number of carbonyl (C=O) groups is 5. The Labute approximate surface area is 216 Å². The van der Waals surface area contributed by atoms with Crippen LogP contribution >= 0.6 is 0 Å². The first-order chi connectivity index (χ1) is 18.0. The fourth-order valence-electron chi connectivity index (χ4n) is 3.33. The van der Waals surface area contributed by atoms with E-state index in [0.29, 0.717) is 83.0 Å². The number of amides is 3. The average molecular weight is 524 g/mol. The smallest absolute Gasteiger partial charge is 0.263 e. The molecule has 206 valence electrons. The molecule has 1 rings (SSSR count). The molecule has 0 aliphatic rings. The number of ether oxygens (including phenoxy) is 4. The lowest BCUT2D eigenvalue weighted by molar-refractivity contribution is -0.131. The molecule has 0 saturated heterocycles. The number of nitrogens with one attached hydrogen (secondary N) is 2. The molecule has 0 saturated carbocycles. The molecule has 37 heavy (non-hydrogen) atoms. The summed E-state index contributed by atoms with van der Waals surface area (Å²) in [7, 11) is 1.40. The van der Waals surface area contributed by atoms with Crippen molar-refractivity contribution in [3.8, 4) is 0 Å². The van der Waals surface area contributed by atoms with E-state index in [2.05, 4.69) is 10.6 Å². The minimum Gasteiger partial charge on any atom is -0.382 e.